The number of likely N-dealkylation sites (N-methyl/N-ethyl adjacent to an activating group) is 1. The molecular formula is C20H32N4O3. The highest BCUT2D eigenvalue weighted by molar-refractivity contribution is 5.95. The zero-order valence-corrected chi connectivity index (χ0v) is 17.3. The van der Waals surface area contributed by atoms with Crippen LogP contribution in [0, 0.1) is 20.8 Å². The number of hydrogen-bond donors (Lipinski definition) is 2. The third-order valence-corrected chi connectivity index (χ3v) is 4.40. The Kier molecular flexibility index (Phi) is 8.78. The van der Waals surface area contributed by atoms with Crippen LogP contribution in [-0.2, 0) is 9.59 Å². The summed E-state index contributed by atoms with van der Waals surface area (Å²) in [6.07, 6.45) is 0.245. The number of amides is 4. The molecule has 0 saturated carbocycles. The van der Waals surface area contributed by atoms with E-state index in [2.05, 4.69) is 10.6 Å². The molecule has 0 aliphatic heterocycles. The van der Waals surface area contributed by atoms with E-state index in [9.17, 15) is 14.4 Å². The normalized spacial score (nSPS) is 10.3. The molecule has 7 nitrogen and oxygen atoms in total. The SMILES string of the molecule is CCN(CC)C(=O)CCNC(=O)N(C)CC(=O)Nc1c(C)cc(C)cc1C. The highest BCUT2D eigenvalue weighted by Crippen LogP contribution is 2.21. The maximum Gasteiger partial charge on any atom is 0.317 e. The number of nitrogens with one attached hydrogen (secondary N) is 2. The van der Waals surface area contributed by atoms with Gasteiger partial charge in [0.2, 0.25) is 11.8 Å². The molecular weight excluding hydrogens is 344 g/mol. The molecule has 0 atom stereocenters. The lowest BCUT2D eigenvalue weighted by atomic mass is 10.1. The van der Waals surface area contributed by atoms with Gasteiger partial charge in [-0.1, -0.05) is 17.7 Å². The number of nitrogens with zero attached hydrogens (tertiary/aromatic N) is 2. The number of hydrogen-bond acceptors (Lipinski definition) is 3. The molecule has 0 bridgehead atoms. The lowest BCUT2D eigenvalue weighted by Gasteiger charge is -2.20. The number of rotatable bonds is 8. The molecule has 0 heterocycles. The van der Waals surface area contributed by atoms with Crippen LogP contribution in [0.4, 0.5) is 10.5 Å². The van der Waals surface area contributed by atoms with Gasteiger partial charge in [-0.15, -0.1) is 0 Å². The first kappa shape index (κ1) is 22.5. The smallest absolute Gasteiger partial charge is 0.317 e. The molecule has 2 N–H and O–H groups in total. The molecule has 7 heteroatoms. The maximum atomic E-state index is 12.3. The number of aryl methyl sites for hydroxylation is 3. The Bertz CT molecular complexity index is 661. The Hall–Kier alpha value is -2.57. The summed E-state index contributed by atoms with van der Waals surface area (Å²) in [4.78, 5) is 39.3. The summed E-state index contributed by atoms with van der Waals surface area (Å²) >= 11 is 0. The number of urea groups is 1. The first-order valence-electron chi connectivity index (χ1n) is 9.34. The number of carbonyl (C=O) groups excluding carboxylic acids is 3. The second kappa shape index (κ2) is 10.5. The first-order valence-corrected chi connectivity index (χ1v) is 9.34. The van der Waals surface area contributed by atoms with E-state index in [-0.39, 0.29) is 37.4 Å². The van der Waals surface area contributed by atoms with Crippen LogP contribution in [0.25, 0.3) is 0 Å². The van der Waals surface area contributed by atoms with Gasteiger partial charge in [0.1, 0.15) is 6.54 Å². The van der Waals surface area contributed by atoms with Crippen LogP contribution in [0.2, 0.25) is 0 Å². The number of benzene rings is 1. The van der Waals surface area contributed by atoms with Crippen LogP contribution in [0.1, 0.15) is 37.0 Å². The summed E-state index contributed by atoms with van der Waals surface area (Å²) in [5.74, 6) is -0.257. The minimum absolute atomic E-state index is 0.00557. The minimum Gasteiger partial charge on any atom is -0.343 e. The van der Waals surface area contributed by atoms with Crippen LogP contribution in [0.3, 0.4) is 0 Å². The fourth-order valence-electron chi connectivity index (χ4n) is 2.99. The Morgan fingerprint density at radius 1 is 1.00 bits per heavy atom. The van der Waals surface area contributed by atoms with Gasteiger partial charge in [0.05, 0.1) is 0 Å². The van der Waals surface area contributed by atoms with Gasteiger partial charge in [-0.05, 0) is 45.7 Å². The van der Waals surface area contributed by atoms with Gasteiger partial charge in [-0.25, -0.2) is 4.79 Å². The van der Waals surface area contributed by atoms with Crippen LogP contribution >= 0.6 is 0 Å². The first-order chi connectivity index (χ1) is 12.7. The van der Waals surface area contributed by atoms with Crippen molar-refractivity contribution in [2.24, 2.45) is 0 Å². The molecule has 0 fully saturated rings. The van der Waals surface area contributed by atoms with Gasteiger partial charge in [-0.3, -0.25) is 9.59 Å². The van der Waals surface area contributed by atoms with Crippen molar-refractivity contribution in [2.75, 3.05) is 38.5 Å². The third-order valence-electron chi connectivity index (χ3n) is 4.40. The average molecular weight is 377 g/mol. The lowest BCUT2D eigenvalue weighted by Crippen LogP contribution is -2.43. The Balaban J connectivity index is 2.49. The van der Waals surface area contributed by atoms with Crippen LogP contribution in [-0.4, -0.2) is 60.9 Å². The second-order valence-electron chi connectivity index (χ2n) is 6.73. The van der Waals surface area contributed by atoms with Crippen molar-refractivity contribution < 1.29 is 14.4 Å². The molecule has 0 radical (unpaired) electrons. The van der Waals surface area contributed by atoms with Gasteiger partial charge < -0.3 is 20.4 Å². The topological polar surface area (TPSA) is 81.8 Å². The largest absolute Gasteiger partial charge is 0.343 e. The highest BCUT2D eigenvalue weighted by Gasteiger charge is 2.15. The third kappa shape index (κ3) is 6.92. The molecule has 0 spiro atoms. The van der Waals surface area contributed by atoms with E-state index in [0.717, 1.165) is 22.4 Å². The minimum atomic E-state index is -0.380. The molecule has 4 amide bonds. The van der Waals surface area contributed by atoms with E-state index in [1.165, 1.54) is 4.90 Å². The quantitative estimate of drug-likeness (QED) is 0.731. The summed E-state index contributed by atoms with van der Waals surface area (Å²) < 4.78 is 0. The monoisotopic (exact) mass is 376 g/mol. The zero-order valence-electron chi connectivity index (χ0n) is 17.3. The van der Waals surface area contributed by atoms with Crippen molar-refractivity contribution in [3.8, 4) is 0 Å². The Labute approximate surface area is 162 Å². The van der Waals surface area contributed by atoms with Crippen molar-refractivity contribution >= 4 is 23.5 Å². The summed E-state index contributed by atoms with van der Waals surface area (Å²) in [5, 5.41) is 5.55. The van der Waals surface area contributed by atoms with Crippen molar-refractivity contribution in [3.05, 3.63) is 28.8 Å². The molecule has 0 unspecified atom stereocenters. The molecule has 0 aromatic heterocycles. The van der Waals surface area contributed by atoms with Crippen molar-refractivity contribution in [2.45, 2.75) is 41.0 Å². The molecule has 0 saturated heterocycles. The van der Waals surface area contributed by atoms with Crippen LogP contribution < -0.4 is 10.6 Å². The van der Waals surface area contributed by atoms with Crippen LogP contribution in [0.15, 0.2) is 12.1 Å². The fourth-order valence-corrected chi connectivity index (χ4v) is 2.99. The summed E-state index contributed by atoms with van der Waals surface area (Å²) in [5.41, 5.74) is 3.90. The van der Waals surface area contributed by atoms with Crippen molar-refractivity contribution in [1.82, 2.24) is 15.1 Å². The van der Waals surface area contributed by atoms with Gasteiger partial charge >= 0.3 is 6.03 Å². The van der Waals surface area contributed by atoms with E-state index in [1.54, 1.807) is 11.9 Å². The standard InChI is InChI=1S/C20H32N4O3/c1-7-24(8-2)18(26)9-10-21-20(27)23(6)13-17(25)22-19-15(4)11-14(3)12-16(19)5/h11-12H,7-10,13H2,1-6H3,(H,21,27)(H,22,25). The zero-order chi connectivity index (χ0) is 20.6. The lowest BCUT2D eigenvalue weighted by molar-refractivity contribution is -0.130. The molecule has 1 aromatic carbocycles. The van der Waals surface area contributed by atoms with E-state index < -0.39 is 0 Å². The number of anilines is 1. The predicted molar refractivity (Wildman–Crippen MR) is 108 cm³/mol. The van der Waals surface area contributed by atoms with E-state index in [0.29, 0.717) is 13.1 Å². The average Bonchev–Trinajstić information content (AvgIpc) is 2.59. The van der Waals surface area contributed by atoms with Gasteiger partial charge in [0.15, 0.2) is 0 Å². The van der Waals surface area contributed by atoms with Gasteiger partial charge in [0, 0.05) is 38.8 Å². The Morgan fingerprint density at radius 2 is 1.56 bits per heavy atom. The van der Waals surface area contributed by atoms with Gasteiger partial charge in [-0.2, -0.15) is 0 Å². The summed E-state index contributed by atoms with van der Waals surface area (Å²) in [6, 6.07) is 3.63. The predicted octanol–water partition coefficient (Wildman–Crippen LogP) is 2.45. The summed E-state index contributed by atoms with van der Waals surface area (Å²) in [6.45, 7) is 11.2. The highest BCUT2D eigenvalue weighted by atomic mass is 16.2. The number of carbonyl (C=O) groups is 3. The van der Waals surface area contributed by atoms with Crippen molar-refractivity contribution in [3.63, 3.8) is 0 Å². The molecule has 1 rings (SSSR count). The van der Waals surface area contributed by atoms with E-state index in [1.807, 2.05) is 46.8 Å². The molecule has 0 aliphatic carbocycles. The molecule has 1 aromatic rings. The van der Waals surface area contributed by atoms with E-state index in [4.69, 9.17) is 0 Å². The van der Waals surface area contributed by atoms with Crippen LogP contribution in [0.5, 0.6) is 0 Å². The van der Waals surface area contributed by atoms with E-state index >= 15 is 0 Å². The second-order valence-corrected chi connectivity index (χ2v) is 6.73. The Morgan fingerprint density at radius 3 is 2.07 bits per heavy atom. The molecule has 27 heavy (non-hydrogen) atoms. The fraction of sp³-hybridized carbons (Fsp3) is 0.550. The maximum absolute atomic E-state index is 12.3. The summed E-state index contributed by atoms with van der Waals surface area (Å²) in [7, 11) is 1.55. The van der Waals surface area contributed by atoms with Gasteiger partial charge in [0.25, 0.3) is 0 Å². The molecule has 150 valence electrons. The van der Waals surface area contributed by atoms with Crippen molar-refractivity contribution in [1.29, 1.82) is 0 Å². The molecule has 0 aliphatic rings.